The first-order valence-corrected chi connectivity index (χ1v) is 7.69. The Hall–Kier alpha value is -2.96. The summed E-state index contributed by atoms with van der Waals surface area (Å²) in [6.07, 6.45) is 0. The van der Waals surface area contributed by atoms with Crippen molar-refractivity contribution in [1.29, 1.82) is 0 Å². The number of carbonyl (C=O) groups is 2. The van der Waals surface area contributed by atoms with E-state index in [1.54, 1.807) is 12.1 Å². The maximum Gasteiger partial charge on any atom is 0.325 e. The molecule has 5 nitrogen and oxygen atoms in total. The normalized spacial score (nSPS) is 19.9. The number of benzene rings is 2. The van der Waals surface area contributed by atoms with Crippen LogP contribution in [0.25, 0.3) is 0 Å². The summed E-state index contributed by atoms with van der Waals surface area (Å²) in [4.78, 5) is 25.8. The molecule has 0 unspecified atom stereocenters. The van der Waals surface area contributed by atoms with E-state index < -0.39 is 29.1 Å². The summed E-state index contributed by atoms with van der Waals surface area (Å²) in [7, 11) is 0. The van der Waals surface area contributed by atoms with Gasteiger partial charge in [-0.2, -0.15) is 0 Å². The fourth-order valence-electron chi connectivity index (χ4n) is 2.67. The van der Waals surface area contributed by atoms with Gasteiger partial charge in [-0.3, -0.25) is 9.69 Å². The zero-order chi connectivity index (χ0) is 18.0. The van der Waals surface area contributed by atoms with Crippen molar-refractivity contribution in [3.8, 4) is 5.75 Å². The molecule has 0 bridgehead atoms. The van der Waals surface area contributed by atoms with Crippen molar-refractivity contribution < 1.29 is 23.1 Å². The third-order valence-electron chi connectivity index (χ3n) is 4.10. The molecule has 25 heavy (non-hydrogen) atoms. The molecular weight excluding hydrogens is 330 g/mol. The predicted octanol–water partition coefficient (Wildman–Crippen LogP) is 2.81. The standard InChI is InChI=1S/C18H16F2N2O3/c1-18(12-7-8-14(19)15(20)11-12)16(23)22(17(24)21-18)9-10-25-13-5-3-2-4-6-13/h2-8,11H,9-10H2,1H3,(H,21,24)/t18-/m1/s1. The van der Waals surface area contributed by atoms with Gasteiger partial charge in [0, 0.05) is 0 Å². The van der Waals surface area contributed by atoms with Gasteiger partial charge in [0.2, 0.25) is 0 Å². The van der Waals surface area contributed by atoms with Crippen LogP contribution in [0.5, 0.6) is 5.75 Å². The summed E-state index contributed by atoms with van der Waals surface area (Å²) in [5.74, 6) is -2.01. The van der Waals surface area contributed by atoms with Crippen LogP contribution < -0.4 is 10.1 Å². The van der Waals surface area contributed by atoms with Gasteiger partial charge in [0.25, 0.3) is 5.91 Å². The number of para-hydroxylation sites is 1. The van der Waals surface area contributed by atoms with Gasteiger partial charge in [-0.25, -0.2) is 13.6 Å². The number of imide groups is 1. The Bertz CT molecular complexity index is 813. The number of ether oxygens (including phenoxy) is 1. The van der Waals surface area contributed by atoms with Crippen molar-refractivity contribution in [2.45, 2.75) is 12.5 Å². The third-order valence-corrected chi connectivity index (χ3v) is 4.10. The molecule has 0 spiro atoms. The molecule has 1 N–H and O–H groups in total. The number of amides is 3. The lowest BCUT2D eigenvalue weighted by molar-refractivity contribution is -0.131. The van der Waals surface area contributed by atoms with Gasteiger partial charge < -0.3 is 10.1 Å². The van der Waals surface area contributed by atoms with Gasteiger partial charge in [-0.15, -0.1) is 0 Å². The zero-order valence-corrected chi connectivity index (χ0v) is 13.5. The molecule has 1 fully saturated rings. The number of halogens is 2. The lowest BCUT2D eigenvalue weighted by Gasteiger charge is -2.22. The van der Waals surface area contributed by atoms with Crippen LogP contribution in [0.2, 0.25) is 0 Å². The summed E-state index contributed by atoms with van der Waals surface area (Å²) in [5, 5.41) is 2.53. The lowest BCUT2D eigenvalue weighted by Crippen LogP contribution is -2.41. The first kappa shape index (κ1) is 16.9. The summed E-state index contributed by atoms with van der Waals surface area (Å²) >= 11 is 0. The number of hydrogen-bond acceptors (Lipinski definition) is 3. The van der Waals surface area contributed by atoms with Gasteiger partial charge in [0.15, 0.2) is 11.6 Å². The molecule has 7 heteroatoms. The van der Waals surface area contributed by atoms with E-state index >= 15 is 0 Å². The number of hydrogen-bond donors (Lipinski definition) is 1. The minimum Gasteiger partial charge on any atom is -0.492 e. The van der Waals surface area contributed by atoms with Crippen molar-refractivity contribution in [3.63, 3.8) is 0 Å². The van der Waals surface area contributed by atoms with Crippen LogP contribution in [-0.2, 0) is 10.3 Å². The second-order valence-electron chi connectivity index (χ2n) is 5.80. The van der Waals surface area contributed by atoms with Crippen LogP contribution in [0.1, 0.15) is 12.5 Å². The molecule has 0 radical (unpaired) electrons. The van der Waals surface area contributed by atoms with Crippen LogP contribution in [0, 0.1) is 11.6 Å². The summed E-state index contributed by atoms with van der Waals surface area (Å²) in [5.41, 5.74) is -1.27. The second kappa shape index (κ2) is 6.51. The molecule has 1 atom stereocenters. The van der Waals surface area contributed by atoms with Gasteiger partial charge >= 0.3 is 6.03 Å². The van der Waals surface area contributed by atoms with Crippen molar-refractivity contribution in [3.05, 3.63) is 65.7 Å². The van der Waals surface area contributed by atoms with Gasteiger partial charge in [-0.1, -0.05) is 24.3 Å². The number of carbonyl (C=O) groups excluding carboxylic acids is 2. The molecule has 1 saturated heterocycles. The molecule has 0 aliphatic carbocycles. The Morgan fingerprint density at radius 3 is 2.48 bits per heavy atom. The minimum absolute atomic E-state index is 0.0405. The van der Waals surface area contributed by atoms with E-state index in [2.05, 4.69) is 5.32 Å². The van der Waals surface area contributed by atoms with Gasteiger partial charge in [-0.05, 0) is 36.8 Å². The van der Waals surface area contributed by atoms with Crippen molar-refractivity contribution in [2.24, 2.45) is 0 Å². The number of rotatable bonds is 5. The molecule has 2 aromatic carbocycles. The molecule has 3 rings (SSSR count). The van der Waals surface area contributed by atoms with E-state index in [1.807, 2.05) is 18.2 Å². The third kappa shape index (κ3) is 3.17. The quantitative estimate of drug-likeness (QED) is 0.847. The van der Waals surface area contributed by atoms with E-state index in [4.69, 9.17) is 4.74 Å². The monoisotopic (exact) mass is 346 g/mol. The molecular formula is C18H16F2N2O3. The topological polar surface area (TPSA) is 58.6 Å². The Morgan fingerprint density at radius 1 is 1.08 bits per heavy atom. The fourth-order valence-corrected chi connectivity index (χ4v) is 2.67. The number of nitrogens with zero attached hydrogens (tertiary/aromatic N) is 1. The largest absolute Gasteiger partial charge is 0.492 e. The lowest BCUT2D eigenvalue weighted by atomic mass is 9.92. The summed E-state index contributed by atoms with van der Waals surface area (Å²) in [6.45, 7) is 1.62. The van der Waals surface area contributed by atoms with Crippen molar-refractivity contribution in [2.75, 3.05) is 13.2 Å². The van der Waals surface area contributed by atoms with E-state index in [1.165, 1.54) is 13.0 Å². The van der Waals surface area contributed by atoms with Crippen LogP contribution >= 0.6 is 0 Å². The molecule has 3 amide bonds. The average molecular weight is 346 g/mol. The maximum absolute atomic E-state index is 13.5. The van der Waals surface area contributed by atoms with Crippen molar-refractivity contribution >= 4 is 11.9 Å². The summed E-state index contributed by atoms with van der Waals surface area (Å²) < 4.78 is 32.1. The van der Waals surface area contributed by atoms with Gasteiger partial charge in [0.1, 0.15) is 17.9 Å². The van der Waals surface area contributed by atoms with Gasteiger partial charge in [0.05, 0.1) is 6.54 Å². The average Bonchev–Trinajstić information content (AvgIpc) is 2.82. The molecule has 2 aromatic rings. The molecule has 0 saturated carbocycles. The first-order chi connectivity index (χ1) is 11.9. The fraction of sp³-hybridized carbons (Fsp3) is 0.222. The van der Waals surface area contributed by atoms with E-state index in [0.717, 1.165) is 17.0 Å². The Kier molecular flexibility index (Phi) is 4.39. The predicted molar refractivity (Wildman–Crippen MR) is 85.9 cm³/mol. The maximum atomic E-state index is 13.5. The van der Waals surface area contributed by atoms with E-state index in [-0.39, 0.29) is 18.7 Å². The van der Waals surface area contributed by atoms with Crippen LogP contribution in [0.3, 0.4) is 0 Å². The Balaban J connectivity index is 1.72. The molecule has 1 heterocycles. The first-order valence-electron chi connectivity index (χ1n) is 7.69. The highest BCUT2D eigenvalue weighted by Crippen LogP contribution is 2.29. The van der Waals surface area contributed by atoms with Crippen molar-refractivity contribution in [1.82, 2.24) is 10.2 Å². The smallest absolute Gasteiger partial charge is 0.325 e. The van der Waals surface area contributed by atoms with Crippen LogP contribution in [-0.4, -0.2) is 30.0 Å². The van der Waals surface area contributed by atoms with Crippen LogP contribution in [0.4, 0.5) is 13.6 Å². The molecule has 0 aromatic heterocycles. The summed E-state index contributed by atoms with van der Waals surface area (Å²) in [6, 6.07) is 11.5. The van der Waals surface area contributed by atoms with E-state index in [0.29, 0.717) is 5.75 Å². The molecule has 1 aliphatic rings. The Labute approximate surface area is 143 Å². The molecule has 130 valence electrons. The highest BCUT2D eigenvalue weighted by Gasteiger charge is 2.49. The molecule has 1 aliphatic heterocycles. The highest BCUT2D eigenvalue weighted by molar-refractivity contribution is 6.07. The SMILES string of the molecule is C[C@]1(c2ccc(F)c(F)c2)NC(=O)N(CCOc2ccccc2)C1=O. The second-order valence-corrected chi connectivity index (χ2v) is 5.80. The zero-order valence-electron chi connectivity index (χ0n) is 13.5. The Morgan fingerprint density at radius 2 is 1.80 bits per heavy atom. The minimum atomic E-state index is -1.45. The van der Waals surface area contributed by atoms with E-state index in [9.17, 15) is 18.4 Å². The number of nitrogens with one attached hydrogen (secondary N) is 1. The highest BCUT2D eigenvalue weighted by atomic mass is 19.2. The van der Waals surface area contributed by atoms with Crippen LogP contribution in [0.15, 0.2) is 48.5 Å². The number of urea groups is 1.